The molecule has 98 valence electrons. The number of esters is 1. The maximum atomic E-state index is 11.6. The number of fused-ring (bicyclic) bond motifs is 1. The molecule has 3 heteroatoms. The Labute approximate surface area is 116 Å². The minimum Gasteiger partial charge on any atom is -0.465 e. The maximum absolute atomic E-state index is 11.6. The zero-order valence-corrected chi connectivity index (χ0v) is 11.0. The number of hydrogen-bond acceptors (Lipinski definition) is 3. The van der Waals surface area contributed by atoms with E-state index in [1.807, 2.05) is 48.7 Å². The SMILES string of the molecule is COC(=O)c1cccc(-c2cccc3cnccc23)c1. The maximum Gasteiger partial charge on any atom is 0.337 e. The molecule has 0 fully saturated rings. The normalized spacial score (nSPS) is 10.4. The Kier molecular flexibility index (Phi) is 3.17. The molecule has 0 aliphatic carbocycles. The molecule has 0 unspecified atom stereocenters. The van der Waals surface area contributed by atoms with Crippen LogP contribution in [0.5, 0.6) is 0 Å². The highest BCUT2D eigenvalue weighted by Crippen LogP contribution is 2.28. The van der Waals surface area contributed by atoms with Gasteiger partial charge in [-0.2, -0.15) is 0 Å². The van der Waals surface area contributed by atoms with Crippen LogP contribution in [0.3, 0.4) is 0 Å². The van der Waals surface area contributed by atoms with Crippen LogP contribution in [-0.2, 0) is 4.74 Å². The molecule has 0 amide bonds. The molecule has 3 aromatic rings. The van der Waals surface area contributed by atoms with Crippen molar-refractivity contribution >= 4 is 16.7 Å². The van der Waals surface area contributed by atoms with Crippen LogP contribution in [0.25, 0.3) is 21.9 Å². The molecule has 0 N–H and O–H groups in total. The van der Waals surface area contributed by atoms with Gasteiger partial charge in [-0.25, -0.2) is 4.79 Å². The lowest BCUT2D eigenvalue weighted by Gasteiger charge is -2.08. The summed E-state index contributed by atoms with van der Waals surface area (Å²) in [5, 5.41) is 2.19. The lowest BCUT2D eigenvalue weighted by Crippen LogP contribution is -2.00. The van der Waals surface area contributed by atoms with E-state index in [4.69, 9.17) is 4.74 Å². The summed E-state index contributed by atoms with van der Waals surface area (Å²) >= 11 is 0. The summed E-state index contributed by atoms with van der Waals surface area (Å²) in [7, 11) is 1.39. The van der Waals surface area contributed by atoms with Gasteiger partial charge in [0.1, 0.15) is 0 Å². The minimum atomic E-state index is -0.325. The summed E-state index contributed by atoms with van der Waals surface area (Å²) in [6, 6.07) is 15.5. The molecular weight excluding hydrogens is 250 g/mol. The Morgan fingerprint density at radius 1 is 1.10 bits per heavy atom. The van der Waals surface area contributed by atoms with Crippen molar-refractivity contribution in [2.75, 3.05) is 7.11 Å². The second-order valence-corrected chi connectivity index (χ2v) is 4.47. The van der Waals surface area contributed by atoms with Gasteiger partial charge in [-0.1, -0.05) is 30.3 Å². The average molecular weight is 263 g/mol. The summed E-state index contributed by atoms with van der Waals surface area (Å²) in [6.45, 7) is 0. The third-order valence-electron chi connectivity index (χ3n) is 3.28. The molecule has 1 aromatic heterocycles. The molecule has 0 aliphatic heterocycles. The van der Waals surface area contributed by atoms with E-state index < -0.39 is 0 Å². The third-order valence-corrected chi connectivity index (χ3v) is 3.28. The standard InChI is InChI=1S/C17H13NO2/c1-20-17(19)13-5-2-4-12(10-13)15-7-3-6-14-11-18-9-8-16(14)15/h2-11H,1H3. The van der Waals surface area contributed by atoms with Crippen molar-refractivity contribution in [3.05, 3.63) is 66.5 Å². The second-order valence-electron chi connectivity index (χ2n) is 4.47. The van der Waals surface area contributed by atoms with E-state index in [9.17, 15) is 4.79 Å². The minimum absolute atomic E-state index is 0.325. The van der Waals surface area contributed by atoms with E-state index in [-0.39, 0.29) is 5.97 Å². The molecule has 3 rings (SSSR count). The highest BCUT2D eigenvalue weighted by Gasteiger charge is 2.08. The lowest BCUT2D eigenvalue weighted by molar-refractivity contribution is 0.0601. The lowest BCUT2D eigenvalue weighted by atomic mass is 9.98. The van der Waals surface area contributed by atoms with Crippen LogP contribution in [0.2, 0.25) is 0 Å². The molecular formula is C17H13NO2. The van der Waals surface area contributed by atoms with Crippen LogP contribution < -0.4 is 0 Å². The average Bonchev–Trinajstić information content (AvgIpc) is 2.53. The number of benzene rings is 2. The predicted molar refractivity (Wildman–Crippen MR) is 78.5 cm³/mol. The van der Waals surface area contributed by atoms with Crippen molar-refractivity contribution in [1.29, 1.82) is 0 Å². The van der Waals surface area contributed by atoms with Crippen molar-refractivity contribution in [3.63, 3.8) is 0 Å². The summed E-state index contributed by atoms with van der Waals surface area (Å²) in [6.07, 6.45) is 3.61. The van der Waals surface area contributed by atoms with E-state index in [1.54, 1.807) is 12.3 Å². The molecule has 0 saturated heterocycles. The van der Waals surface area contributed by atoms with Crippen LogP contribution in [0, 0.1) is 0 Å². The Morgan fingerprint density at radius 2 is 1.95 bits per heavy atom. The van der Waals surface area contributed by atoms with Crippen molar-refractivity contribution < 1.29 is 9.53 Å². The molecule has 0 spiro atoms. The van der Waals surface area contributed by atoms with E-state index in [0.717, 1.165) is 21.9 Å². The highest BCUT2D eigenvalue weighted by molar-refractivity contribution is 5.98. The quantitative estimate of drug-likeness (QED) is 0.662. The summed E-state index contributed by atoms with van der Waals surface area (Å²) in [5.74, 6) is -0.325. The monoisotopic (exact) mass is 263 g/mol. The van der Waals surface area contributed by atoms with Gasteiger partial charge in [-0.3, -0.25) is 4.98 Å². The molecule has 1 heterocycles. The first kappa shape index (κ1) is 12.4. The third kappa shape index (κ3) is 2.14. The molecule has 3 nitrogen and oxygen atoms in total. The van der Waals surface area contributed by atoms with Crippen LogP contribution in [0.15, 0.2) is 60.9 Å². The molecule has 0 aliphatic rings. The fourth-order valence-electron chi connectivity index (χ4n) is 2.31. The number of ether oxygens (including phenoxy) is 1. The first-order chi connectivity index (χ1) is 9.79. The number of nitrogens with zero attached hydrogens (tertiary/aromatic N) is 1. The number of aromatic nitrogens is 1. The van der Waals surface area contributed by atoms with Crippen LogP contribution >= 0.6 is 0 Å². The fraction of sp³-hybridized carbons (Fsp3) is 0.0588. The van der Waals surface area contributed by atoms with Crippen molar-refractivity contribution in [2.45, 2.75) is 0 Å². The molecule has 2 aromatic carbocycles. The van der Waals surface area contributed by atoms with Gasteiger partial charge >= 0.3 is 5.97 Å². The first-order valence-electron chi connectivity index (χ1n) is 6.31. The Morgan fingerprint density at radius 3 is 2.80 bits per heavy atom. The number of carbonyl (C=O) groups excluding carboxylic acids is 1. The summed E-state index contributed by atoms with van der Waals surface area (Å²) < 4.78 is 4.77. The van der Waals surface area contributed by atoms with Crippen molar-refractivity contribution in [3.8, 4) is 11.1 Å². The van der Waals surface area contributed by atoms with Gasteiger partial charge in [0, 0.05) is 17.8 Å². The number of methoxy groups -OCH3 is 1. The number of pyridine rings is 1. The van der Waals surface area contributed by atoms with Crippen LogP contribution in [-0.4, -0.2) is 18.1 Å². The zero-order chi connectivity index (χ0) is 13.9. The van der Waals surface area contributed by atoms with Gasteiger partial charge < -0.3 is 4.74 Å². The predicted octanol–water partition coefficient (Wildman–Crippen LogP) is 3.69. The number of rotatable bonds is 2. The van der Waals surface area contributed by atoms with Crippen LogP contribution in [0.4, 0.5) is 0 Å². The largest absolute Gasteiger partial charge is 0.465 e. The van der Waals surface area contributed by atoms with Gasteiger partial charge in [0.05, 0.1) is 12.7 Å². The Hall–Kier alpha value is -2.68. The number of hydrogen-bond donors (Lipinski definition) is 0. The smallest absolute Gasteiger partial charge is 0.337 e. The fourth-order valence-corrected chi connectivity index (χ4v) is 2.31. The summed E-state index contributed by atoms with van der Waals surface area (Å²) in [4.78, 5) is 15.8. The van der Waals surface area contributed by atoms with E-state index in [2.05, 4.69) is 4.98 Å². The first-order valence-corrected chi connectivity index (χ1v) is 6.31. The second kappa shape index (κ2) is 5.13. The Balaban J connectivity index is 2.18. The van der Waals surface area contributed by atoms with Gasteiger partial charge in [0.15, 0.2) is 0 Å². The molecule has 0 bridgehead atoms. The van der Waals surface area contributed by atoms with E-state index in [1.165, 1.54) is 7.11 Å². The zero-order valence-electron chi connectivity index (χ0n) is 11.0. The van der Waals surface area contributed by atoms with Gasteiger partial charge in [0.25, 0.3) is 0 Å². The van der Waals surface area contributed by atoms with E-state index in [0.29, 0.717) is 5.56 Å². The topological polar surface area (TPSA) is 39.2 Å². The molecule has 0 saturated carbocycles. The van der Waals surface area contributed by atoms with Gasteiger partial charge in [0.2, 0.25) is 0 Å². The molecule has 0 radical (unpaired) electrons. The summed E-state index contributed by atoms with van der Waals surface area (Å²) in [5.41, 5.74) is 2.62. The van der Waals surface area contributed by atoms with Gasteiger partial charge in [-0.15, -0.1) is 0 Å². The van der Waals surface area contributed by atoms with Crippen molar-refractivity contribution in [2.24, 2.45) is 0 Å². The Bertz CT molecular complexity index is 775. The molecule has 20 heavy (non-hydrogen) atoms. The molecule has 0 atom stereocenters. The highest BCUT2D eigenvalue weighted by atomic mass is 16.5. The van der Waals surface area contributed by atoms with Crippen molar-refractivity contribution in [1.82, 2.24) is 4.98 Å². The van der Waals surface area contributed by atoms with Gasteiger partial charge in [-0.05, 0) is 34.7 Å². The number of carbonyl (C=O) groups is 1. The van der Waals surface area contributed by atoms with E-state index >= 15 is 0 Å². The van der Waals surface area contributed by atoms with Crippen LogP contribution in [0.1, 0.15) is 10.4 Å².